The van der Waals surface area contributed by atoms with Gasteiger partial charge in [0.1, 0.15) is 25.0 Å². The van der Waals surface area contributed by atoms with Crippen molar-refractivity contribution < 1.29 is 24.3 Å². The van der Waals surface area contributed by atoms with E-state index < -0.39 is 23.4 Å². The zero-order valence-corrected chi connectivity index (χ0v) is 15.6. The lowest BCUT2D eigenvalue weighted by atomic mass is 9.95. The molecule has 1 rings (SSSR count). The SMILES string of the molecule is COCC#C/C=C/COc1ccc(C(=O)N[C@H](C(=O)NO)C(C)(C)N)cc1. The van der Waals surface area contributed by atoms with Gasteiger partial charge in [0.05, 0.1) is 0 Å². The number of hydroxylamine groups is 1. The zero-order valence-electron chi connectivity index (χ0n) is 15.6. The van der Waals surface area contributed by atoms with Crippen LogP contribution in [-0.2, 0) is 9.53 Å². The highest BCUT2D eigenvalue weighted by molar-refractivity contribution is 5.97. The highest BCUT2D eigenvalue weighted by atomic mass is 16.5. The summed E-state index contributed by atoms with van der Waals surface area (Å²) in [6, 6.07) is 5.28. The van der Waals surface area contributed by atoms with Gasteiger partial charge in [0, 0.05) is 18.2 Å². The summed E-state index contributed by atoms with van der Waals surface area (Å²) in [5.41, 5.74) is 6.65. The lowest BCUT2D eigenvalue weighted by molar-refractivity contribution is -0.132. The van der Waals surface area contributed by atoms with Gasteiger partial charge in [-0.15, -0.1) is 0 Å². The van der Waals surface area contributed by atoms with Gasteiger partial charge in [-0.2, -0.15) is 0 Å². The summed E-state index contributed by atoms with van der Waals surface area (Å²) in [5, 5.41) is 11.3. The summed E-state index contributed by atoms with van der Waals surface area (Å²) in [7, 11) is 1.57. The van der Waals surface area contributed by atoms with Gasteiger partial charge in [-0.05, 0) is 50.3 Å². The number of benzene rings is 1. The first kappa shape index (κ1) is 22.2. The molecule has 0 heterocycles. The minimum Gasteiger partial charge on any atom is -0.490 e. The number of hydrogen-bond donors (Lipinski definition) is 4. The number of amides is 2. The minimum atomic E-state index is -1.10. The van der Waals surface area contributed by atoms with Crippen LogP contribution in [0.25, 0.3) is 0 Å². The van der Waals surface area contributed by atoms with Crippen LogP contribution in [0.5, 0.6) is 5.75 Å². The lowest BCUT2D eigenvalue weighted by Gasteiger charge is -2.29. The van der Waals surface area contributed by atoms with E-state index in [1.807, 2.05) is 0 Å². The van der Waals surface area contributed by atoms with Crippen LogP contribution < -0.4 is 21.3 Å². The molecular weight excluding hydrogens is 350 g/mol. The molecule has 0 aliphatic heterocycles. The van der Waals surface area contributed by atoms with Gasteiger partial charge >= 0.3 is 0 Å². The van der Waals surface area contributed by atoms with E-state index in [4.69, 9.17) is 20.4 Å². The Bertz CT molecular complexity index is 712. The van der Waals surface area contributed by atoms with Crippen molar-refractivity contribution in [3.8, 4) is 17.6 Å². The van der Waals surface area contributed by atoms with E-state index in [9.17, 15) is 9.59 Å². The third-order valence-electron chi connectivity index (χ3n) is 3.37. The third-order valence-corrected chi connectivity index (χ3v) is 3.37. The van der Waals surface area contributed by atoms with Crippen molar-refractivity contribution >= 4 is 11.8 Å². The van der Waals surface area contributed by atoms with Gasteiger partial charge in [-0.25, -0.2) is 5.48 Å². The molecule has 27 heavy (non-hydrogen) atoms. The fourth-order valence-electron chi connectivity index (χ4n) is 2.00. The van der Waals surface area contributed by atoms with Crippen LogP contribution >= 0.6 is 0 Å². The molecule has 0 radical (unpaired) electrons. The number of rotatable bonds is 8. The number of allylic oxidation sites excluding steroid dienone is 1. The van der Waals surface area contributed by atoms with Gasteiger partial charge in [-0.1, -0.05) is 11.8 Å². The maximum atomic E-state index is 12.3. The summed E-state index contributed by atoms with van der Waals surface area (Å²) in [4.78, 5) is 24.0. The largest absolute Gasteiger partial charge is 0.490 e. The molecule has 8 nitrogen and oxygen atoms in total. The number of nitrogens with one attached hydrogen (secondary N) is 2. The Kier molecular flexibility index (Phi) is 9.02. The Hall–Kier alpha value is -2.86. The van der Waals surface area contributed by atoms with Crippen molar-refractivity contribution in [1.29, 1.82) is 0 Å². The van der Waals surface area contributed by atoms with E-state index in [1.54, 1.807) is 57.4 Å². The molecule has 0 fully saturated rings. The van der Waals surface area contributed by atoms with E-state index in [1.165, 1.54) is 5.48 Å². The van der Waals surface area contributed by atoms with Gasteiger partial charge in [0.25, 0.3) is 11.8 Å². The fraction of sp³-hybridized carbons (Fsp3) is 0.368. The maximum Gasteiger partial charge on any atom is 0.267 e. The molecule has 0 aromatic heterocycles. The van der Waals surface area contributed by atoms with E-state index in [2.05, 4.69) is 17.2 Å². The van der Waals surface area contributed by atoms with Crippen LogP contribution in [0.1, 0.15) is 24.2 Å². The molecule has 0 spiro atoms. The zero-order chi connectivity index (χ0) is 20.3. The Morgan fingerprint density at radius 2 is 2.00 bits per heavy atom. The molecular formula is C19H25N3O5. The second-order valence-corrected chi connectivity index (χ2v) is 6.20. The number of nitrogens with two attached hydrogens (primary N) is 1. The Labute approximate surface area is 158 Å². The Balaban J connectivity index is 2.63. The van der Waals surface area contributed by atoms with E-state index in [0.717, 1.165) is 0 Å². The van der Waals surface area contributed by atoms with Crippen LogP contribution in [0.3, 0.4) is 0 Å². The van der Waals surface area contributed by atoms with Gasteiger partial charge in [-0.3, -0.25) is 14.8 Å². The molecule has 0 saturated carbocycles. The molecule has 1 atom stereocenters. The topological polar surface area (TPSA) is 123 Å². The van der Waals surface area contributed by atoms with Crippen molar-refractivity contribution in [2.45, 2.75) is 25.4 Å². The second-order valence-electron chi connectivity index (χ2n) is 6.20. The van der Waals surface area contributed by atoms with Gasteiger partial charge in [0.15, 0.2) is 0 Å². The quantitative estimate of drug-likeness (QED) is 0.300. The highest BCUT2D eigenvalue weighted by Gasteiger charge is 2.33. The fourth-order valence-corrected chi connectivity index (χ4v) is 2.00. The molecule has 0 saturated heterocycles. The van der Waals surface area contributed by atoms with Crippen LogP contribution in [-0.4, -0.2) is 48.9 Å². The second kappa shape index (κ2) is 11.0. The predicted molar refractivity (Wildman–Crippen MR) is 100 cm³/mol. The molecule has 2 amide bonds. The number of carbonyl (C=O) groups excluding carboxylic acids is 2. The Morgan fingerprint density at radius 3 is 2.56 bits per heavy atom. The van der Waals surface area contributed by atoms with Crippen LogP contribution in [0.4, 0.5) is 0 Å². The van der Waals surface area contributed by atoms with Crippen molar-refractivity contribution in [2.24, 2.45) is 5.73 Å². The van der Waals surface area contributed by atoms with Crippen LogP contribution in [0, 0.1) is 11.8 Å². The van der Waals surface area contributed by atoms with Crippen molar-refractivity contribution in [3.63, 3.8) is 0 Å². The average Bonchev–Trinajstić information content (AvgIpc) is 2.64. The van der Waals surface area contributed by atoms with E-state index in [-0.39, 0.29) is 0 Å². The van der Waals surface area contributed by atoms with E-state index in [0.29, 0.717) is 24.5 Å². The predicted octanol–water partition coefficient (Wildman–Crippen LogP) is 0.613. The summed E-state index contributed by atoms with van der Waals surface area (Å²) in [6.45, 7) is 3.83. The molecule has 1 aromatic rings. The van der Waals surface area contributed by atoms with Crippen molar-refractivity contribution in [1.82, 2.24) is 10.8 Å². The van der Waals surface area contributed by atoms with Crippen molar-refractivity contribution in [3.05, 3.63) is 42.0 Å². The smallest absolute Gasteiger partial charge is 0.267 e. The standard InChI is InChI=1S/C19H25N3O5/c1-19(2,20)16(18(24)22-25)21-17(23)14-8-10-15(11-9-14)27-13-7-5-4-6-12-26-3/h5,7-11,16,25H,12-13,20H2,1-3H3,(H,21,23)(H,22,24)/b7-5+/t16-/m1/s1. The first-order chi connectivity index (χ1) is 12.8. The van der Waals surface area contributed by atoms with Crippen LogP contribution in [0.2, 0.25) is 0 Å². The molecule has 1 aromatic carbocycles. The number of hydrogen-bond acceptors (Lipinski definition) is 6. The maximum absolute atomic E-state index is 12.3. The third kappa shape index (κ3) is 7.92. The first-order valence-electron chi connectivity index (χ1n) is 8.18. The number of methoxy groups -OCH3 is 1. The minimum absolute atomic E-state index is 0.323. The highest BCUT2D eigenvalue weighted by Crippen LogP contribution is 2.13. The van der Waals surface area contributed by atoms with E-state index >= 15 is 0 Å². The molecule has 0 aliphatic carbocycles. The van der Waals surface area contributed by atoms with Crippen molar-refractivity contribution in [2.75, 3.05) is 20.3 Å². The molecule has 0 aliphatic rings. The normalized spacial score (nSPS) is 12.0. The molecule has 5 N–H and O–H groups in total. The lowest BCUT2D eigenvalue weighted by Crippen LogP contribution is -2.61. The summed E-state index contributed by atoms with van der Waals surface area (Å²) < 4.78 is 10.3. The first-order valence-corrected chi connectivity index (χ1v) is 8.18. The summed E-state index contributed by atoms with van der Waals surface area (Å²) >= 11 is 0. The molecule has 0 bridgehead atoms. The monoisotopic (exact) mass is 375 g/mol. The molecule has 8 heteroatoms. The molecule has 146 valence electrons. The Morgan fingerprint density at radius 1 is 1.33 bits per heavy atom. The van der Waals surface area contributed by atoms with Gasteiger partial charge < -0.3 is 20.5 Å². The van der Waals surface area contributed by atoms with Crippen LogP contribution in [0.15, 0.2) is 36.4 Å². The average molecular weight is 375 g/mol. The molecule has 0 unspecified atom stereocenters. The summed E-state index contributed by atoms with van der Waals surface area (Å²) in [6.07, 6.45) is 3.42. The van der Waals surface area contributed by atoms with Gasteiger partial charge in [0.2, 0.25) is 0 Å². The number of ether oxygens (including phenoxy) is 2. The number of carbonyl (C=O) groups is 2. The summed E-state index contributed by atoms with van der Waals surface area (Å²) in [5.74, 6) is 4.85.